The van der Waals surface area contributed by atoms with Gasteiger partial charge >= 0.3 is 5.97 Å². The number of benzene rings is 1. The van der Waals surface area contributed by atoms with Gasteiger partial charge in [0.2, 0.25) is 41.4 Å². The number of amides is 7. The molecule has 0 unspecified atom stereocenters. The SMILES string of the molecule is COC(=O)C[C@@H]1NC(=O)[C@@H]2CCCN2C(=O)[C@@H]2CCCN2C(=O)[C@@H]2CCCN2C(=O)[C@H](CC(C)C)NC(=O)[C@H](C(C)C)NC(=O)[C@H](Cc2ccccc2)NC1=O. The van der Waals surface area contributed by atoms with Crippen molar-refractivity contribution >= 4 is 47.3 Å². The summed E-state index contributed by atoms with van der Waals surface area (Å²) in [6.45, 7) is 8.20. The quantitative estimate of drug-likeness (QED) is 0.283. The van der Waals surface area contributed by atoms with Crippen molar-refractivity contribution in [1.29, 1.82) is 0 Å². The number of hydrogen-bond acceptors (Lipinski definition) is 9. The number of fused-ring (bicyclic) bond motifs is 3. The van der Waals surface area contributed by atoms with E-state index in [2.05, 4.69) is 21.3 Å². The second-order valence-corrected chi connectivity index (χ2v) is 16.1. The van der Waals surface area contributed by atoms with E-state index in [4.69, 9.17) is 4.74 Å². The number of rotatable bonds is 7. The van der Waals surface area contributed by atoms with Gasteiger partial charge in [-0.3, -0.25) is 38.4 Å². The van der Waals surface area contributed by atoms with Crippen LogP contribution in [0.5, 0.6) is 0 Å². The molecule has 4 aliphatic rings. The topological polar surface area (TPSA) is 204 Å². The molecular formula is C40H57N7O9. The number of hydrogen-bond donors (Lipinski definition) is 4. The molecule has 306 valence electrons. The van der Waals surface area contributed by atoms with Crippen molar-refractivity contribution in [1.82, 2.24) is 36.0 Å². The average molecular weight is 780 g/mol. The number of ether oxygens (including phenoxy) is 1. The minimum atomic E-state index is -1.47. The highest BCUT2D eigenvalue weighted by atomic mass is 16.5. The van der Waals surface area contributed by atoms with Gasteiger partial charge in [0, 0.05) is 26.1 Å². The first kappa shape index (κ1) is 42.1. The standard InChI is InChI=1S/C40H57N7O9/c1-23(2)20-28-38(53)46-18-10-15-30(46)40(55)47-19-11-16-31(47)39(54)45-17-9-14-29(45)36(51)42-27(22-32(48)56-5)34(49)41-26(21-25-12-7-6-8-13-25)35(50)44-33(24(3)4)37(52)43-28/h6-8,12-13,23-24,26-31,33H,9-11,14-22H2,1-5H3,(H,41,49)(H,42,51)(H,43,52)(H,44,50)/t26-,27-,28-,29-,30-,31-,33-/m0/s1. The van der Waals surface area contributed by atoms with E-state index in [1.165, 1.54) is 14.7 Å². The molecule has 0 bridgehead atoms. The lowest BCUT2D eigenvalue weighted by Gasteiger charge is -2.35. The number of esters is 1. The monoisotopic (exact) mass is 779 g/mol. The molecule has 16 heteroatoms. The maximum Gasteiger partial charge on any atom is 0.308 e. The summed E-state index contributed by atoms with van der Waals surface area (Å²) in [5.41, 5.74) is 0.691. The van der Waals surface area contributed by atoms with Crippen molar-refractivity contribution < 1.29 is 43.1 Å². The van der Waals surface area contributed by atoms with Gasteiger partial charge in [-0.1, -0.05) is 58.0 Å². The van der Waals surface area contributed by atoms with Crippen molar-refractivity contribution in [2.24, 2.45) is 11.8 Å². The fourth-order valence-electron chi connectivity index (χ4n) is 8.26. The first-order chi connectivity index (χ1) is 26.7. The molecule has 4 fully saturated rings. The Morgan fingerprint density at radius 3 is 1.70 bits per heavy atom. The molecule has 4 N–H and O–H groups in total. The van der Waals surface area contributed by atoms with Crippen molar-refractivity contribution in [3.63, 3.8) is 0 Å². The number of carbonyl (C=O) groups excluding carboxylic acids is 8. The van der Waals surface area contributed by atoms with E-state index in [1.54, 1.807) is 44.2 Å². The maximum absolute atomic E-state index is 14.3. The Morgan fingerprint density at radius 1 is 0.643 bits per heavy atom. The lowest BCUT2D eigenvalue weighted by Crippen LogP contribution is -2.61. The summed E-state index contributed by atoms with van der Waals surface area (Å²) < 4.78 is 4.84. The molecule has 7 atom stereocenters. The average Bonchev–Trinajstić information content (AvgIpc) is 3.96. The zero-order valence-corrected chi connectivity index (χ0v) is 33.1. The Balaban J connectivity index is 1.55. The third kappa shape index (κ3) is 9.85. The van der Waals surface area contributed by atoms with Crippen LogP contribution in [0.25, 0.3) is 0 Å². The molecule has 5 rings (SSSR count). The van der Waals surface area contributed by atoms with Crippen LogP contribution >= 0.6 is 0 Å². The third-order valence-electron chi connectivity index (χ3n) is 11.2. The fourth-order valence-corrected chi connectivity index (χ4v) is 8.26. The van der Waals surface area contributed by atoms with E-state index < -0.39 is 96.0 Å². The second kappa shape index (κ2) is 18.7. The van der Waals surface area contributed by atoms with Gasteiger partial charge in [-0.15, -0.1) is 0 Å². The van der Waals surface area contributed by atoms with Gasteiger partial charge in [0.15, 0.2) is 0 Å². The summed E-state index contributed by atoms with van der Waals surface area (Å²) >= 11 is 0. The molecule has 0 aliphatic carbocycles. The van der Waals surface area contributed by atoms with Gasteiger partial charge in [-0.2, -0.15) is 0 Å². The third-order valence-corrected chi connectivity index (χ3v) is 11.2. The van der Waals surface area contributed by atoms with Gasteiger partial charge < -0.3 is 40.7 Å². The van der Waals surface area contributed by atoms with Gasteiger partial charge in [-0.05, 0) is 62.3 Å². The molecule has 0 saturated carbocycles. The first-order valence-corrected chi connectivity index (χ1v) is 19.9. The van der Waals surface area contributed by atoms with Crippen LogP contribution in [-0.2, 0) is 49.5 Å². The number of methoxy groups -OCH3 is 1. The summed E-state index contributed by atoms with van der Waals surface area (Å²) in [5.74, 6) is -5.22. The zero-order chi connectivity index (χ0) is 40.7. The van der Waals surface area contributed by atoms with E-state index in [1.807, 2.05) is 13.8 Å². The van der Waals surface area contributed by atoms with Crippen LogP contribution in [0.2, 0.25) is 0 Å². The van der Waals surface area contributed by atoms with Crippen LogP contribution in [0.3, 0.4) is 0 Å². The van der Waals surface area contributed by atoms with E-state index >= 15 is 0 Å². The lowest BCUT2D eigenvalue weighted by molar-refractivity contribution is -0.151. The highest BCUT2D eigenvalue weighted by Gasteiger charge is 2.47. The summed E-state index contributed by atoms with van der Waals surface area (Å²) in [4.78, 5) is 116. The van der Waals surface area contributed by atoms with Crippen LogP contribution in [0.15, 0.2) is 30.3 Å². The molecule has 4 aliphatic heterocycles. The molecule has 0 aromatic heterocycles. The molecular weight excluding hydrogens is 722 g/mol. The molecule has 16 nitrogen and oxygen atoms in total. The number of nitrogens with zero attached hydrogens (tertiary/aromatic N) is 3. The van der Waals surface area contributed by atoms with E-state index in [0.29, 0.717) is 57.2 Å². The van der Waals surface area contributed by atoms with Crippen LogP contribution in [0.1, 0.15) is 84.6 Å². The predicted molar refractivity (Wildman–Crippen MR) is 203 cm³/mol. The first-order valence-electron chi connectivity index (χ1n) is 19.9. The summed E-state index contributed by atoms with van der Waals surface area (Å²) in [6.07, 6.45) is 2.43. The Labute approximate surface area is 328 Å². The van der Waals surface area contributed by atoms with Crippen LogP contribution in [0, 0.1) is 11.8 Å². The predicted octanol–water partition coefficient (Wildman–Crippen LogP) is 0.420. The van der Waals surface area contributed by atoms with Gasteiger partial charge in [0.25, 0.3) is 0 Å². The van der Waals surface area contributed by atoms with Gasteiger partial charge in [-0.25, -0.2) is 0 Å². The highest BCUT2D eigenvalue weighted by molar-refractivity contribution is 5.99. The van der Waals surface area contributed by atoms with Gasteiger partial charge in [0.1, 0.15) is 42.3 Å². The molecule has 1 aromatic rings. The summed E-state index contributed by atoms with van der Waals surface area (Å²) in [5, 5.41) is 11.0. The fraction of sp³-hybridized carbons (Fsp3) is 0.650. The van der Waals surface area contributed by atoms with Crippen LogP contribution in [0.4, 0.5) is 0 Å². The second-order valence-electron chi connectivity index (χ2n) is 16.1. The largest absolute Gasteiger partial charge is 0.469 e. The van der Waals surface area contributed by atoms with Crippen molar-refractivity contribution in [3.8, 4) is 0 Å². The molecule has 56 heavy (non-hydrogen) atoms. The van der Waals surface area contributed by atoms with Crippen LogP contribution in [-0.4, -0.2) is 131 Å². The van der Waals surface area contributed by atoms with Crippen molar-refractivity contribution in [3.05, 3.63) is 35.9 Å². The molecule has 4 heterocycles. The van der Waals surface area contributed by atoms with Gasteiger partial charge in [0.05, 0.1) is 13.5 Å². The highest BCUT2D eigenvalue weighted by Crippen LogP contribution is 2.29. The molecule has 7 amide bonds. The van der Waals surface area contributed by atoms with Crippen LogP contribution < -0.4 is 21.3 Å². The maximum atomic E-state index is 14.3. The zero-order valence-electron chi connectivity index (χ0n) is 33.1. The Bertz CT molecular complexity index is 1650. The van der Waals surface area contributed by atoms with Crippen molar-refractivity contribution in [2.45, 2.75) is 128 Å². The number of nitrogens with one attached hydrogen (secondary N) is 4. The Morgan fingerprint density at radius 2 is 1.14 bits per heavy atom. The molecule has 0 radical (unpaired) electrons. The lowest BCUT2D eigenvalue weighted by atomic mass is 9.98. The van der Waals surface area contributed by atoms with E-state index in [9.17, 15) is 38.4 Å². The molecule has 0 spiro atoms. The molecule has 4 saturated heterocycles. The van der Waals surface area contributed by atoms with E-state index in [-0.39, 0.29) is 31.2 Å². The normalized spacial score (nSPS) is 28.6. The molecule has 1 aromatic carbocycles. The Kier molecular flexibility index (Phi) is 14.1. The van der Waals surface area contributed by atoms with E-state index in [0.717, 1.165) is 7.11 Å². The summed E-state index contributed by atoms with van der Waals surface area (Å²) in [6, 6.07) is 1.40. The summed E-state index contributed by atoms with van der Waals surface area (Å²) in [7, 11) is 1.15. The minimum Gasteiger partial charge on any atom is -0.469 e. The van der Waals surface area contributed by atoms with Crippen molar-refractivity contribution in [2.75, 3.05) is 26.7 Å². The number of carbonyl (C=O) groups is 8. The smallest absolute Gasteiger partial charge is 0.308 e. The Hall–Kier alpha value is -5.02. The minimum absolute atomic E-state index is 0.00533.